The molecule has 2 N–H and O–H groups in total. The summed E-state index contributed by atoms with van der Waals surface area (Å²) in [6, 6.07) is 7.37. The van der Waals surface area contributed by atoms with E-state index in [1.54, 1.807) is 0 Å². The summed E-state index contributed by atoms with van der Waals surface area (Å²) in [7, 11) is 0. The lowest BCUT2D eigenvalue weighted by atomic mass is 10.2. The zero-order valence-corrected chi connectivity index (χ0v) is 14.3. The van der Waals surface area contributed by atoms with Gasteiger partial charge in [-0.2, -0.15) is 0 Å². The molecule has 5 heteroatoms. The SMILES string of the molecule is CCC(C)Oc1ccc(C(=O)NCCCN2CCNCC2)cc1. The van der Waals surface area contributed by atoms with Crippen LogP contribution in [0.3, 0.4) is 0 Å². The molecule has 1 aromatic rings. The van der Waals surface area contributed by atoms with Crippen LogP contribution < -0.4 is 15.4 Å². The van der Waals surface area contributed by atoms with Crippen LogP contribution in [0.2, 0.25) is 0 Å². The summed E-state index contributed by atoms with van der Waals surface area (Å²) in [6.45, 7) is 10.2. The lowest BCUT2D eigenvalue weighted by Gasteiger charge is -2.27. The van der Waals surface area contributed by atoms with Gasteiger partial charge >= 0.3 is 0 Å². The van der Waals surface area contributed by atoms with Gasteiger partial charge in [0.05, 0.1) is 6.10 Å². The van der Waals surface area contributed by atoms with Crippen LogP contribution in [0.25, 0.3) is 0 Å². The van der Waals surface area contributed by atoms with Crippen LogP contribution in [0.1, 0.15) is 37.0 Å². The van der Waals surface area contributed by atoms with Gasteiger partial charge < -0.3 is 20.3 Å². The lowest BCUT2D eigenvalue weighted by Crippen LogP contribution is -2.44. The van der Waals surface area contributed by atoms with E-state index < -0.39 is 0 Å². The number of rotatable bonds is 8. The van der Waals surface area contributed by atoms with Gasteiger partial charge in [-0.05, 0) is 50.6 Å². The van der Waals surface area contributed by atoms with Gasteiger partial charge in [-0.15, -0.1) is 0 Å². The van der Waals surface area contributed by atoms with Crippen LogP contribution in [-0.2, 0) is 0 Å². The van der Waals surface area contributed by atoms with Crippen molar-refractivity contribution < 1.29 is 9.53 Å². The minimum absolute atomic E-state index is 0.0135. The van der Waals surface area contributed by atoms with Crippen molar-refractivity contribution in [2.24, 2.45) is 0 Å². The number of carbonyl (C=O) groups is 1. The van der Waals surface area contributed by atoms with Crippen molar-refractivity contribution in [3.63, 3.8) is 0 Å². The maximum atomic E-state index is 12.1. The zero-order chi connectivity index (χ0) is 16.5. The second-order valence-corrected chi connectivity index (χ2v) is 6.06. The Labute approximate surface area is 139 Å². The Morgan fingerprint density at radius 2 is 2.00 bits per heavy atom. The molecule has 23 heavy (non-hydrogen) atoms. The molecular formula is C18H29N3O2. The Hall–Kier alpha value is -1.59. The molecule has 1 heterocycles. The normalized spacial score (nSPS) is 16.8. The Morgan fingerprint density at radius 3 is 2.65 bits per heavy atom. The van der Waals surface area contributed by atoms with Crippen molar-refractivity contribution in [1.29, 1.82) is 0 Å². The Balaban J connectivity index is 1.68. The summed E-state index contributed by atoms with van der Waals surface area (Å²) >= 11 is 0. The molecule has 1 aliphatic heterocycles. The van der Waals surface area contributed by atoms with Crippen LogP contribution in [-0.4, -0.2) is 56.2 Å². The standard InChI is InChI=1S/C18H29N3O2/c1-3-15(2)23-17-7-5-16(6-8-17)18(22)20-9-4-12-21-13-10-19-11-14-21/h5-8,15,19H,3-4,9-14H2,1-2H3,(H,20,22). The highest BCUT2D eigenvalue weighted by Gasteiger charge is 2.09. The van der Waals surface area contributed by atoms with E-state index in [1.807, 2.05) is 31.2 Å². The highest BCUT2D eigenvalue weighted by atomic mass is 16.5. The van der Waals surface area contributed by atoms with E-state index in [0.717, 1.165) is 51.3 Å². The van der Waals surface area contributed by atoms with Gasteiger partial charge in [0.1, 0.15) is 5.75 Å². The quantitative estimate of drug-likeness (QED) is 0.719. The highest BCUT2D eigenvalue weighted by Crippen LogP contribution is 2.14. The molecule has 128 valence electrons. The van der Waals surface area contributed by atoms with Crippen LogP contribution in [0, 0.1) is 0 Å². The molecule has 5 nitrogen and oxygen atoms in total. The molecule has 2 rings (SSSR count). The fourth-order valence-corrected chi connectivity index (χ4v) is 2.54. The zero-order valence-electron chi connectivity index (χ0n) is 14.3. The van der Waals surface area contributed by atoms with E-state index in [9.17, 15) is 4.79 Å². The third kappa shape index (κ3) is 6.20. The van der Waals surface area contributed by atoms with E-state index >= 15 is 0 Å². The minimum Gasteiger partial charge on any atom is -0.491 e. The van der Waals surface area contributed by atoms with E-state index in [0.29, 0.717) is 12.1 Å². The summed E-state index contributed by atoms with van der Waals surface area (Å²) < 4.78 is 5.72. The van der Waals surface area contributed by atoms with Gasteiger partial charge in [0.25, 0.3) is 5.91 Å². The molecule has 0 spiro atoms. The maximum Gasteiger partial charge on any atom is 0.251 e. The first-order chi connectivity index (χ1) is 11.2. The number of carbonyl (C=O) groups excluding carboxylic acids is 1. The third-order valence-electron chi connectivity index (χ3n) is 4.17. The first kappa shape index (κ1) is 17.8. The molecule has 0 radical (unpaired) electrons. The third-order valence-corrected chi connectivity index (χ3v) is 4.17. The van der Waals surface area contributed by atoms with Gasteiger partial charge in [0, 0.05) is 38.3 Å². The Kier molecular flexibility index (Phi) is 7.36. The molecule has 1 aromatic carbocycles. The van der Waals surface area contributed by atoms with Gasteiger partial charge in [-0.25, -0.2) is 0 Å². The molecule has 1 aliphatic rings. The topological polar surface area (TPSA) is 53.6 Å². The predicted octanol–water partition coefficient (Wildman–Crippen LogP) is 1.89. The number of nitrogens with zero attached hydrogens (tertiary/aromatic N) is 1. The fraction of sp³-hybridized carbons (Fsp3) is 0.611. The van der Waals surface area contributed by atoms with Gasteiger partial charge in [0.2, 0.25) is 0 Å². The fourth-order valence-electron chi connectivity index (χ4n) is 2.54. The molecule has 1 unspecified atom stereocenters. The smallest absolute Gasteiger partial charge is 0.251 e. The van der Waals surface area contributed by atoms with Crippen LogP contribution >= 0.6 is 0 Å². The molecule has 0 saturated carbocycles. The second kappa shape index (κ2) is 9.53. The monoisotopic (exact) mass is 319 g/mol. The van der Waals surface area contributed by atoms with Crippen LogP contribution in [0.15, 0.2) is 24.3 Å². The number of nitrogens with one attached hydrogen (secondary N) is 2. The summed E-state index contributed by atoms with van der Waals surface area (Å²) in [5.41, 5.74) is 0.684. The summed E-state index contributed by atoms with van der Waals surface area (Å²) in [4.78, 5) is 14.5. The van der Waals surface area contributed by atoms with Crippen molar-refractivity contribution in [3.05, 3.63) is 29.8 Å². The van der Waals surface area contributed by atoms with E-state index in [1.165, 1.54) is 0 Å². The minimum atomic E-state index is -0.0135. The molecule has 1 fully saturated rings. The van der Waals surface area contributed by atoms with E-state index in [-0.39, 0.29) is 12.0 Å². The van der Waals surface area contributed by atoms with Crippen LogP contribution in [0.4, 0.5) is 0 Å². The maximum absolute atomic E-state index is 12.1. The van der Waals surface area contributed by atoms with Crippen molar-refractivity contribution in [2.75, 3.05) is 39.3 Å². The van der Waals surface area contributed by atoms with Gasteiger partial charge in [0.15, 0.2) is 0 Å². The molecule has 1 amide bonds. The van der Waals surface area contributed by atoms with Gasteiger partial charge in [-0.1, -0.05) is 6.92 Å². The van der Waals surface area contributed by atoms with Crippen molar-refractivity contribution in [1.82, 2.24) is 15.5 Å². The lowest BCUT2D eigenvalue weighted by molar-refractivity contribution is 0.0951. The summed E-state index contributed by atoms with van der Waals surface area (Å²) in [5, 5.41) is 6.33. The second-order valence-electron chi connectivity index (χ2n) is 6.06. The average Bonchev–Trinajstić information content (AvgIpc) is 2.60. The molecule has 1 saturated heterocycles. The average molecular weight is 319 g/mol. The molecule has 1 atom stereocenters. The number of ether oxygens (including phenoxy) is 1. The summed E-state index contributed by atoms with van der Waals surface area (Å²) in [5.74, 6) is 0.801. The van der Waals surface area contributed by atoms with E-state index in [2.05, 4.69) is 22.5 Å². The van der Waals surface area contributed by atoms with Crippen LogP contribution in [0.5, 0.6) is 5.75 Å². The Morgan fingerprint density at radius 1 is 1.30 bits per heavy atom. The van der Waals surface area contributed by atoms with Crippen molar-refractivity contribution in [3.8, 4) is 5.75 Å². The largest absolute Gasteiger partial charge is 0.491 e. The molecular weight excluding hydrogens is 290 g/mol. The van der Waals surface area contributed by atoms with Gasteiger partial charge in [-0.3, -0.25) is 4.79 Å². The molecule has 0 bridgehead atoms. The first-order valence-electron chi connectivity index (χ1n) is 8.67. The number of benzene rings is 1. The first-order valence-corrected chi connectivity index (χ1v) is 8.67. The highest BCUT2D eigenvalue weighted by molar-refractivity contribution is 5.94. The van der Waals surface area contributed by atoms with Crippen molar-refractivity contribution in [2.45, 2.75) is 32.8 Å². The molecule has 0 aromatic heterocycles. The number of hydrogen-bond acceptors (Lipinski definition) is 4. The number of amides is 1. The van der Waals surface area contributed by atoms with Crippen molar-refractivity contribution >= 4 is 5.91 Å². The number of hydrogen-bond donors (Lipinski definition) is 2. The summed E-state index contributed by atoms with van der Waals surface area (Å²) in [6.07, 6.45) is 2.15. The number of piperazine rings is 1. The van der Waals surface area contributed by atoms with E-state index in [4.69, 9.17) is 4.74 Å². The molecule has 0 aliphatic carbocycles. The predicted molar refractivity (Wildman–Crippen MR) is 93.1 cm³/mol. The Bertz CT molecular complexity index is 470.